The molecular weight excluding hydrogens is 607 g/mol. The average Bonchev–Trinajstić information content (AvgIpc) is 3.68. The number of halogens is 3. The second-order valence-corrected chi connectivity index (χ2v) is 11.9. The first-order valence-corrected chi connectivity index (χ1v) is 15.4. The Morgan fingerprint density at radius 3 is 2.51 bits per heavy atom. The average molecular weight is 640 g/mol. The van der Waals surface area contributed by atoms with Gasteiger partial charge in [-0.05, 0) is 44.4 Å². The molecule has 47 heavy (non-hydrogen) atoms. The van der Waals surface area contributed by atoms with Crippen molar-refractivity contribution in [3.63, 3.8) is 0 Å². The first kappa shape index (κ1) is 30.4. The Balaban J connectivity index is 1.28. The molecule has 7 rings (SSSR count). The van der Waals surface area contributed by atoms with Gasteiger partial charge < -0.3 is 18.6 Å². The maximum atomic E-state index is 13.7. The molecule has 0 saturated heterocycles. The molecule has 2 aromatic carbocycles. The van der Waals surface area contributed by atoms with Gasteiger partial charge in [-0.3, -0.25) is 0 Å². The van der Waals surface area contributed by atoms with Gasteiger partial charge in [0.15, 0.2) is 11.5 Å². The number of imidazole rings is 1. The van der Waals surface area contributed by atoms with Crippen molar-refractivity contribution in [3.05, 3.63) is 102 Å². The highest BCUT2D eigenvalue weighted by Crippen LogP contribution is 2.45. The van der Waals surface area contributed by atoms with Crippen LogP contribution in [0.4, 0.5) is 13.2 Å². The lowest BCUT2D eigenvalue weighted by atomic mass is 10.1. The van der Waals surface area contributed by atoms with E-state index in [4.69, 9.17) is 14.5 Å². The van der Waals surface area contributed by atoms with Gasteiger partial charge in [0.05, 0.1) is 19.3 Å². The van der Waals surface area contributed by atoms with Crippen molar-refractivity contribution in [2.45, 2.75) is 58.0 Å². The largest absolute Gasteiger partial charge is 0.489 e. The summed E-state index contributed by atoms with van der Waals surface area (Å²) in [6.45, 7) is 4.31. The first-order chi connectivity index (χ1) is 22.7. The number of aromatic nitrogens is 7. The molecule has 0 amide bonds. The smallest absolute Gasteiger partial charge is 0.434 e. The van der Waals surface area contributed by atoms with Gasteiger partial charge in [-0.25, -0.2) is 24.9 Å². The Labute approximate surface area is 269 Å². The molecule has 9 nitrogen and oxygen atoms in total. The summed E-state index contributed by atoms with van der Waals surface area (Å²) in [7, 11) is 1.57. The van der Waals surface area contributed by atoms with E-state index >= 15 is 0 Å². The van der Waals surface area contributed by atoms with Crippen molar-refractivity contribution < 1.29 is 22.6 Å². The zero-order valence-corrected chi connectivity index (χ0v) is 26.1. The fourth-order valence-electron chi connectivity index (χ4n) is 5.65. The molecule has 1 aliphatic rings. The van der Waals surface area contributed by atoms with Crippen LogP contribution >= 0.6 is 0 Å². The SMILES string of the molecule is COc1ncnc(C2CC2)c1-c1ncc2ccn(Cc3ccc(-c4nc(C(F)(F)F)cn4C(C)C)cc3OCc3ccccc3)c2n1. The second kappa shape index (κ2) is 12.2. The molecule has 6 aromatic rings. The summed E-state index contributed by atoms with van der Waals surface area (Å²) < 4.78 is 56.5. The summed E-state index contributed by atoms with van der Waals surface area (Å²) in [6.07, 6.45) is 3.80. The Morgan fingerprint density at radius 1 is 0.979 bits per heavy atom. The number of alkyl halides is 3. The monoisotopic (exact) mass is 639 g/mol. The van der Waals surface area contributed by atoms with Crippen molar-refractivity contribution in [3.8, 4) is 34.4 Å². The van der Waals surface area contributed by atoms with Gasteiger partial charge in [-0.15, -0.1) is 0 Å². The minimum Gasteiger partial charge on any atom is -0.489 e. The van der Waals surface area contributed by atoms with Gasteiger partial charge in [-0.2, -0.15) is 13.2 Å². The van der Waals surface area contributed by atoms with Crippen molar-refractivity contribution in [2.75, 3.05) is 7.11 Å². The molecular formula is C35H32F3N7O2. The second-order valence-electron chi connectivity index (χ2n) is 11.9. The Morgan fingerprint density at radius 2 is 1.79 bits per heavy atom. The molecule has 0 radical (unpaired) electrons. The molecule has 1 saturated carbocycles. The number of rotatable bonds is 10. The van der Waals surface area contributed by atoms with Crippen LogP contribution in [-0.2, 0) is 19.3 Å². The van der Waals surface area contributed by atoms with E-state index in [-0.39, 0.29) is 18.5 Å². The number of benzene rings is 2. The minimum absolute atomic E-state index is 0.220. The molecule has 4 aromatic heterocycles. The van der Waals surface area contributed by atoms with E-state index in [0.717, 1.165) is 41.2 Å². The van der Waals surface area contributed by atoms with E-state index in [1.165, 1.54) is 10.9 Å². The number of ether oxygens (including phenoxy) is 2. The van der Waals surface area contributed by atoms with E-state index in [2.05, 4.69) is 19.9 Å². The van der Waals surface area contributed by atoms with Gasteiger partial charge >= 0.3 is 6.18 Å². The van der Waals surface area contributed by atoms with Crippen molar-refractivity contribution >= 4 is 11.0 Å². The van der Waals surface area contributed by atoms with Crippen LogP contribution in [0.25, 0.3) is 33.8 Å². The predicted molar refractivity (Wildman–Crippen MR) is 170 cm³/mol. The third-order valence-corrected chi connectivity index (χ3v) is 8.21. The zero-order chi connectivity index (χ0) is 32.7. The standard InChI is InChI=1S/C35H32F3N7O2/c1-21(2)45-18-28(35(36,37)38)42-33(45)24-11-12-26(27(15-24)47-19-22-7-5-4-6-8-22)17-44-14-13-25-16-39-31(43-32(25)44)29-30(23-9-10-23)40-20-41-34(29)46-3/h4-8,11-16,18,20-21,23H,9-10,17,19H2,1-3H3. The molecule has 0 N–H and O–H groups in total. The summed E-state index contributed by atoms with van der Waals surface area (Å²) in [6, 6.07) is 16.8. The number of fused-ring (bicyclic) bond motifs is 1. The Kier molecular flexibility index (Phi) is 7.86. The quantitative estimate of drug-likeness (QED) is 0.151. The highest BCUT2D eigenvalue weighted by molar-refractivity contribution is 5.79. The summed E-state index contributed by atoms with van der Waals surface area (Å²) in [5.74, 6) is 1.99. The highest BCUT2D eigenvalue weighted by atomic mass is 19.4. The molecule has 4 heterocycles. The van der Waals surface area contributed by atoms with Crippen molar-refractivity contribution in [1.82, 2.24) is 34.1 Å². The third kappa shape index (κ3) is 6.15. The number of nitrogens with zero attached hydrogens (tertiary/aromatic N) is 7. The zero-order valence-electron chi connectivity index (χ0n) is 26.1. The van der Waals surface area contributed by atoms with Crippen molar-refractivity contribution in [2.24, 2.45) is 0 Å². The lowest BCUT2D eigenvalue weighted by molar-refractivity contribution is -0.140. The van der Waals surface area contributed by atoms with Crippen LogP contribution in [0.1, 0.15) is 61.2 Å². The van der Waals surface area contributed by atoms with E-state index < -0.39 is 11.9 Å². The van der Waals surface area contributed by atoms with E-state index in [0.29, 0.717) is 46.7 Å². The molecule has 1 aliphatic carbocycles. The molecule has 0 atom stereocenters. The molecule has 1 fully saturated rings. The molecule has 12 heteroatoms. The molecule has 0 spiro atoms. The maximum Gasteiger partial charge on any atom is 0.434 e. The van der Waals surface area contributed by atoms with E-state index in [1.54, 1.807) is 25.4 Å². The van der Waals surface area contributed by atoms with Crippen LogP contribution in [0, 0.1) is 0 Å². The topological polar surface area (TPSA) is 92.8 Å². The number of hydrogen-bond donors (Lipinski definition) is 0. The van der Waals surface area contributed by atoms with Gasteiger partial charge in [0.25, 0.3) is 0 Å². The molecule has 0 aliphatic heterocycles. The van der Waals surface area contributed by atoms with Crippen LogP contribution in [0.15, 0.2) is 79.5 Å². The summed E-state index contributed by atoms with van der Waals surface area (Å²) in [4.78, 5) is 22.5. The fourth-order valence-corrected chi connectivity index (χ4v) is 5.65. The fraction of sp³-hybridized carbons (Fsp3) is 0.286. The van der Waals surface area contributed by atoms with E-state index in [1.807, 2.05) is 67.1 Å². The maximum absolute atomic E-state index is 13.7. The first-order valence-electron chi connectivity index (χ1n) is 15.4. The molecule has 0 unspecified atom stereocenters. The van der Waals surface area contributed by atoms with Crippen LogP contribution in [0.3, 0.4) is 0 Å². The Hall–Kier alpha value is -5.26. The minimum atomic E-state index is -4.56. The van der Waals surface area contributed by atoms with Crippen LogP contribution in [0.5, 0.6) is 11.6 Å². The summed E-state index contributed by atoms with van der Waals surface area (Å²) in [5, 5.41) is 0.847. The van der Waals surface area contributed by atoms with Gasteiger partial charge in [0, 0.05) is 47.1 Å². The van der Waals surface area contributed by atoms with Crippen LogP contribution in [0.2, 0.25) is 0 Å². The number of hydrogen-bond acceptors (Lipinski definition) is 7. The highest BCUT2D eigenvalue weighted by Gasteiger charge is 2.35. The summed E-state index contributed by atoms with van der Waals surface area (Å²) >= 11 is 0. The number of methoxy groups -OCH3 is 1. The lowest BCUT2D eigenvalue weighted by Gasteiger charge is -2.16. The molecule has 240 valence electrons. The predicted octanol–water partition coefficient (Wildman–Crippen LogP) is 7.86. The van der Waals surface area contributed by atoms with Gasteiger partial charge in [0.2, 0.25) is 5.88 Å². The lowest BCUT2D eigenvalue weighted by Crippen LogP contribution is -2.06. The molecule has 0 bridgehead atoms. The van der Waals surface area contributed by atoms with Crippen LogP contribution < -0.4 is 9.47 Å². The van der Waals surface area contributed by atoms with Crippen LogP contribution in [-0.4, -0.2) is 41.2 Å². The normalized spacial score (nSPS) is 13.4. The van der Waals surface area contributed by atoms with Crippen molar-refractivity contribution in [1.29, 1.82) is 0 Å². The van der Waals surface area contributed by atoms with Gasteiger partial charge in [-0.1, -0.05) is 42.5 Å². The van der Waals surface area contributed by atoms with E-state index in [9.17, 15) is 13.2 Å². The van der Waals surface area contributed by atoms with Gasteiger partial charge in [0.1, 0.15) is 35.7 Å². The summed E-state index contributed by atoms with van der Waals surface area (Å²) in [5.41, 5.74) is 3.65. The third-order valence-electron chi connectivity index (χ3n) is 8.21. The Bertz CT molecular complexity index is 2050.